The summed E-state index contributed by atoms with van der Waals surface area (Å²) in [6.07, 6.45) is 5.13. The van der Waals surface area contributed by atoms with Crippen LogP contribution in [-0.4, -0.2) is 57.3 Å². The maximum Gasteiger partial charge on any atom is 0.274 e. The number of methoxy groups -OCH3 is 1. The molecule has 2 aromatic heterocycles. The Labute approximate surface area is 127 Å². The summed E-state index contributed by atoms with van der Waals surface area (Å²) in [4.78, 5) is 21.9. The van der Waals surface area contributed by atoms with Crippen LogP contribution in [0.5, 0.6) is 11.8 Å². The SMILES string of the molecule is COc1ccc(OC2CCN(C(=O)c3cnccn3)C2)nn1. The highest BCUT2D eigenvalue weighted by atomic mass is 16.5. The van der Waals surface area contributed by atoms with E-state index < -0.39 is 0 Å². The van der Waals surface area contributed by atoms with E-state index in [-0.39, 0.29) is 12.0 Å². The van der Waals surface area contributed by atoms with Gasteiger partial charge in [-0.15, -0.1) is 10.2 Å². The molecule has 8 heteroatoms. The van der Waals surface area contributed by atoms with Crippen LogP contribution in [0.1, 0.15) is 16.9 Å². The molecule has 0 spiro atoms. The van der Waals surface area contributed by atoms with Gasteiger partial charge >= 0.3 is 0 Å². The van der Waals surface area contributed by atoms with Crippen LogP contribution in [0.15, 0.2) is 30.7 Å². The average molecular weight is 301 g/mol. The second-order valence-electron chi connectivity index (χ2n) is 4.78. The lowest BCUT2D eigenvalue weighted by atomic mass is 10.3. The Kier molecular flexibility index (Phi) is 4.08. The maximum absolute atomic E-state index is 12.3. The number of nitrogens with zero attached hydrogens (tertiary/aromatic N) is 5. The van der Waals surface area contributed by atoms with E-state index in [0.29, 0.717) is 30.5 Å². The fraction of sp³-hybridized carbons (Fsp3) is 0.357. The van der Waals surface area contributed by atoms with E-state index in [1.54, 1.807) is 17.0 Å². The number of likely N-dealkylation sites (tertiary alicyclic amines) is 1. The third kappa shape index (κ3) is 3.11. The van der Waals surface area contributed by atoms with Crippen LogP contribution in [0.4, 0.5) is 0 Å². The molecule has 1 amide bonds. The molecule has 1 atom stereocenters. The molecule has 8 nitrogen and oxygen atoms in total. The predicted octanol–water partition coefficient (Wildman–Crippen LogP) is 0.569. The predicted molar refractivity (Wildman–Crippen MR) is 75.6 cm³/mol. The van der Waals surface area contributed by atoms with Crippen molar-refractivity contribution in [2.24, 2.45) is 0 Å². The summed E-state index contributed by atoms with van der Waals surface area (Å²) in [5.74, 6) is 0.706. The van der Waals surface area contributed by atoms with E-state index in [4.69, 9.17) is 9.47 Å². The van der Waals surface area contributed by atoms with Crippen molar-refractivity contribution < 1.29 is 14.3 Å². The number of hydrogen-bond acceptors (Lipinski definition) is 7. The number of aromatic nitrogens is 4. The molecule has 114 valence electrons. The number of hydrogen-bond donors (Lipinski definition) is 0. The van der Waals surface area contributed by atoms with Crippen molar-refractivity contribution in [2.75, 3.05) is 20.2 Å². The second kappa shape index (κ2) is 6.33. The minimum absolute atomic E-state index is 0.108. The standard InChI is InChI=1S/C14H15N5O3/c1-21-12-2-3-13(18-17-12)22-10-4-7-19(9-10)14(20)11-8-15-5-6-16-11/h2-3,5-6,8,10H,4,7,9H2,1H3. The van der Waals surface area contributed by atoms with E-state index in [0.717, 1.165) is 6.42 Å². The van der Waals surface area contributed by atoms with Crippen LogP contribution in [0.2, 0.25) is 0 Å². The second-order valence-corrected chi connectivity index (χ2v) is 4.78. The number of ether oxygens (including phenoxy) is 2. The van der Waals surface area contributed by atoms with Crippen molar-refractivity contribution in [3.05, 3.63) is 36.4 Å². The highest BCUT2D eigenvalue weighted by molar-refractivity contribution is 5.92. The Morgan fingerprint density at radius 3 is 2.77 bits per heavy atom. The highest BCUT2D eigenvalue weighted by Crippen LogP contribution is 2.18. The number of amides is 1. The van der Waals surface area contributed by atoms with Crippen LogP contribution >= 0.6 is 0 Å². The van der Waals surface area contributed by atoms with Gasteiger partial charge in [0.05, 0.1) is 19.9 Å². The Morgan fingerprint density at radius 2 is 2.09 bits per heavy atom. The summed E-state index contributed by atoms with van der Waals surface area (Å²) in [6.45, 7) is 1.10. The van der Waals surface area contributed by atoms with Gasteiger partial charge in [0.2, 0.25) is 11.8 Å². The lowest BCUT2D eigenvalue weighted by Gasteiger charge is -2.16. The van der Waals surface area contributed by atoms with E-state index >= 15 is 0 Å². The molecule has 0 aliphatic carbocycles. The molecule has 22 heavy (non-hydrogen) atoms. The zero-order chi connectivity index (χ0) is 15.4. The summed E-state index contributed by atoms with van der Waals surface area (Å²) in [7, 11) is 1.53. The van der Waals surface area contributed by atoms with Crippen LogP contribution in [-0.2, 0) is 0 Å². The van der Waals surface area contributed by atoms with Gasteiger partial charge in [0.15, 0.2) is 0 Å². The summed E-state index contributed by atoms with van der Waals surface area (Å²) >= 11 is 0. The first-order valence-corrected chi connectivity index (χ1v) is 6.86. The smallest absolute Gasteiger partial charge is 0.274 e. The number of rotatable bonds is 4. The first-order valence-electron chi connectivity index (χ1n) is 6.86. The Bertz CT molecular complexity index is 635. The first-order chi connectivity index (χ1) is 10.8. The van der Waals surface area contributed by atoms with E-state index in [9.17, 15) is 4.79 Å². The van der Waals surface area contributed by atoms with E-state index in [1.165, 1.54) is 25.7 Å². The molecule has 1 fully saturated rings. The average Bonchev–Trinajstić information content (AvgIpc) is 3.04. The van der Waals surface area contributed by atoms with E-state index in [2.05, 4.69) is 20.2 Å². The summed E-state index contributed by atoms with van der Waals surface area (Å²) in [5.41, 5.74) is 0.340. The van der Waals surface area contributed by atoms with Gasteiger partial charge in [-0.2, -0.15) is 0 Å². The molecule has 2 aromatic rings. The molecular formula is C14H15N5O3. The fourth-order valence-electron chi connectivity index (χ4n) is 2.23. The van der Waals surface area contributed by atoms with Gasteiger partial charge in [-0.3, -0.25) is 9.78 Å². The zero-order valence-corrected chi connectivity index (χ0v) is 12.0. The van der Waals surface area contributed by atoms with Crippen molar-refractivity contribution in [3.63, 3.8) is 0 Å². The third-order valence-electron chi connectivity index (χ3n) is 3.33. The molecule has 0 aromatic carbocycles. The van der Waals surface area contributed by atoms with Crippen molar-refractivity contribution in [3.8, 4) is 11.8 Å². The Hall–Kier alpha value is -2.77. The monoisotopic (exact) mass is 301 g/mol. The molecule has 0 saturated carbocycles. The Morgan fingerprint density at radius 1 is 1.27 bits per heavy atom. The molecule has 0 N–H and O–H groups in total. The molecule has 0 bridgehead atoms. The minimum atomic E-state index is -0.139. The molecule has 1 saturated heterocycles. The minimum Gasteiger partial charge on any atom is -0.480 e. The third-order valence-corrected chi connectivity index (χ3v) is 3.33. The van der Waals surface area contributed by atoms with Crippen LogP contribution in [0.25, 0.3) is 0 Å². The number of carbonyl (C=O) groups excluding carboxylic acids is 1. The summed E-state index contributed by atoms with van der Waals surface area (Å²) in [5, 5.41) is 7.76. The van der Waals surface area contributed by atoms with Crippen LogP contribution in [0.3, 0.4) is 0 Å². The molecule has 1 unspecified atom stereocenters. The van der Waals surface area contributed by atoms with Gasteiger partial charge < -0.3 is 14.4 Å². The topological polar surface area (TPSA) is 90.3 Å². The van der Waals surface area contributed by atoms with Crippen LogP contribution in [0, 0.1) is 0 Å². The van der Waals surface area contributed by atoms with Gasteiger partial charge in [-0.25, -0.2) is 4.98 Å². The number of carbonyl (C=O) groups is 1. The van der Waals surface area contributed by atoms with Crippen molar-refractivity contribution in [1.82, 2.24) is 25.1 Å². The van der Waals surface area contributed by atoms with Gasteiger partial charge in [-0.1, -0.05) is 0 Å². The van der Waals surface area contributed by atoms with E-state index in [1.807, 2.05) is 0 Å². The fourth-order valence-corrected chi connectivity index (χ4v) is 2.23. The molecule has 1 aliphatic rings. The summed E-state index contributed by atoms with van der Waals surface area (Å²) in [6, 6.07) is 3.37. The van der Waals surface area contributed by atoms with Crippen molar-refractivity contribution in [2.45, 2.75) is 12.5 Å². The molecule has 3 heterocycles. The molecule has 1 aliphatic heterocycles. The lowest BCUT2D eigenvalue weighted by molar-refractivity contribution is 0.0764. The zero-order valence-electron chi connectivity index (χ0n) is 12.0. The Balaban J connectivity index is 1.59. The quantitative estimate of drug-likeness (QED) is 0.815. The van der Waals surface area contributed by atoms with Crippen molar-refractivity contribution >= 4 is 5.91 Å². The molecule has 3 rings (SSSR count). The first kappa shape index (κ1) is 14.2. The van der Waals surface area contributed by atoms with Gasteiger partial charge in [0.1, 0.15) is 11.8 Å². The highest BCUT2D eigenvalue weighted by Gasteiger charge is 2.29. The lowest BCUT2D eigenvalue weighted by Crippen LogP contribution is -2.31. The van der Waals surface area contributed by atoms with Gasteiger partial charge in [0.25, 0.3) is 5.91 Å². The van der Waals surface area contributed by atoms with Gasteiger partial charge in [-0.05, 0) is 0 Å². The summed E-state index contributed by atoms with van der Waals surface area (Å²) < 4.78 is 10.7. The maximum atomic E-state index is 12.3. The van der Waals surface area contributed by atoms with Gasteiger partial charge in [0, 0.05) is 37.5 Å². The largest absolute Gasteiger partial charge is 0.480 e. The molecule has 0 radical (unpaired) electrons. The molecular weight excluding hydrogens is 286 g/mol. The normalized spacial score (nSPS) is 17.3. The van der Waals surface area contributed by atoms with Crippen LogP contribution < -0.4 is 9.47 Å². The van der Waals surface area contributed by atoms with Crippen molar-refractivity contribution in [1.29, 1.82) is 0 Å².